The van der Waals surface area contributed by atoms with E-state index in [4.69, 9.17) is 0 Å². The highest BCUT2D eigenvalue weighted by Gasteiger charge is 2.34. The van der Waals surface area contributed by atoms with Crippen LogP contribution in [0.2, 0.25) is 0 Å². The second kappa shape index (κ2) is 6.83. The van der Waals surface area contributed by atoms with Crippen LogP contribution in [-0.2, 0) is 16.0 Å². The molecule has 0 N–H and O–H groups in total. The number of carbonyl (C=O) groups is 2. The number of nitrogens with zero attached hydrogens (tertiary/aromatic N) is 2. The normalized spacial score (nSPS) is 17.9. The van der Waals surface area contributed by atoms with Gasteiger partial charge in [0.25, 0.3) is 0 Å². The van der Waals surface area contributed by atoms with Gasteiger partial charge in [-0.15, -0.1) is 0 Å². The molecule has 0 spiro atoms. The summed E-state index contributed by atoms with van der Waals surface area (Å²) in [6.45, 7) is 2.53. The molecule has 0 saturated carbocycles. The summed E-state index contributed by atoms with van der Waals surface area (Å²) < 4.78 is 13.4. The summed E-state index contributed by atoms with van der Waals surface area (Å²) in [6, 6.07) is 14.9. The first kappa shape index (κ1) is 16.2. The molecule has 1 aliphatic heterocycles. The zero-order chi connectivity index (χ0) is 17.1. The van der Waals surface area contributed by atoms with Gasteiger partial charge < -0.3 is 9.80 Å². The number of piperazine rings is 1. The SMILES string of the molecule is C[C@@H]1C(=O)N(c2cccc(F)c2)CCN1C(=O)Cc1ccccc1. The molecule has 1 heterocycles. The average molecular weight is 326 g/mol. The summed E-state index contributed by atoms with van der Waals surface area (Å²) in [7, 11) is 0. The van der Waals surface area contributed by atoms with Crippen molar-refractivity contribution in [2.75, 3.05) is 18.0 Å². The molecule has 0 aromatic heterocycles. The molecule has 2 aromatic rings. The van der Waals surface area contributed by atoms with Gasteiger partial charge in [-0.2, -0.15) is 0 Å². The van der Waals surface area contributed by atoms with Gasteiger partial charge >= 0.3 is 0 Å². The van der Waals surface area contributed by atoms with E-state index in [1.54, 1.807) is 28.9 Å². The van der Waals surface area contributed by atoms with E-state index in [0.29, 0.717) is 18.8 Å². The van der Waals surface area contributed by atoms with Gasteiger partial charge in [-0.25, -0.2) is 4.39 Å². The predicted molar refractivity (Wildman–Crippen MR) is 90.1 cm³/mol. The van der Waals surface area contributed by atoms with Gasteiger partial charge in [-0.1, -0.05) is 36.4 Å². The van der Waals surface area contributed by atoms with Crippen molar-refractivity contribution in [3.05, 3.63) is 66.0 Å². The Morgan fingerprint density at radius 2 is 1.88 bits per heavy atom. The molecule has 4 nitrogen and oxygen atoms in total. The monoisotopic (exact) mass is 326 g/mol. The van der Waals surface area contributed by atoms with Gasteiger partial charge in [0.1, 0.15) is 11.9 Å². The van der Waals surface area contributed by atoms with Crippen LogP contribution in [0.25, 0.3) is 0 Å². The number of halogens is 1. The predicted octanol–water partition coefficient (Wildman–Crippen LogP) is 2.63. The molecule has 1 saturated heterocycles. The Balaban J connectivity index is 1.71. The van der Waals surface area contributed by atoms with Crippen LogP contribution < -0.4 is 4.90 Å². The van der Waals surface area contributed by atoms with Crippen LogP contribution in [0, 0.1) is 5.82 Å². The Bertz CT molecular complexity index is 748. The molecular formula is C19H19FN2O2. The standard InChI is InChI=1S/C19H19FN2O2/c1-14-19(24)22(17-9-5-8-16(20)13-17)11-10-21(14)18(23)12-15-6-3-2-4-7-15/h2-9,13-14H,10-12H2,1H3/t14-/m1/s1. The molecule has 0 bridgehead atoms. The highest BCUT2D eigenvalue weighted by atomic mass is 19.1. The number of rotatable bonds is 3. The molecular weight excluding hydrogens is 307 g/mol. The number of anilines is 1. The molecule has 124 valence electrons. The first-order valence-corrected chi connectivity index (χ1v) is 7.96. The zero-order valence-corrected chi connectivity index (χ0v) is 13.5. The molecule has 0 aliphatic carbocycles. The Morgan fingerprint density at radius 3 is 2.58 bits per heavy atom. The van der Waals surface area contributed by atoms with E-state index >= 15 is 0 Å². The summed E-state index contributed by atoms with van der Waals surface area (Å²) in [4.78, 5) is 28.3. The first-order chi connectivity index (χ1) is 11.6. The number of carbonyl (C=O) groups excluding carboxylic acids is 2. The quantitative estimate of drug-likeness (QED) is 0.870. The van der Waals surface area contributed by atoms with Gasteiger partial charge in [0.05, 0.1) is 6.42 Å². The lowest BCUT2D eigenvalue weighted by molar-refractivity contribution is -0.140. The van der Waals surface area contributed by atoms with Gasteiger partial charge in [-0.05, 0) is 30.7 Å². The summed E-state index contributed by atoms with van der Waals surface area (Å²) >= 11 is 0. The van der Waals surface area contributed by atoms with Crippen LogP contribution in [0.5, 0.6) is 0 Å². The average Bonchev–Trinajstić information content (AvgIpc) is 2.58. The molecule has 3 rings (SSSR count). The van der Waals surface area contributed by atoms with Gasteiger partial charge in [0, 0.05) is 18.8 Å². The molecule has 1 atom stereocenters. The highest BCUT2D eigenvalue weighted by molar-refractivity contribution is 6.00. The van der Waals surface area contributed by atoms with Crippen LogP contribution >= 0.6 is 0 Å². The highest BCUT2D eigenvalue weighted by Crippen LogP contribution is 2.21. The van der Waals surface area contributed by atoms with Gasteiger partial charge in [0.2, 0.25) is 11.8 Å². The maximum absolute atomic E-state index is 13.4. The summed E-state index contributed by atoms with van der Waals surface area (Å²) in [5, 5.41) is 0. The third-order valence-electron chi connectivity index (χ3n) is 4.29. The lowest BCUT2D eigenvalue weighted by Crippen LogP contribution is -2.58. The van der Waals surface area contributed by atoms with Crippen molar-refractivity contribution < 1.29 is 14.0 Å². The molecule has 24 heavy (non-hydrogen) atoms. The minimum absolute atomic E-state index is 0.0686. The molecule has 2 aromatic carbocycles. The van der Waals surface area contributed by atoms with Crippen LogP contribution in [0.3, 0.4) is 0 Å². The largest absolute Gasteiger partial charge is 0.329 e. The van der Waals surface area contributed by atoms with Gasteiger partial charge in [0.15, 0.2) is 0 Å². The molecule has 2 amide bonds. The summed E-state index contributed by atoms with van der Waals surface area (Å²) in [6.07, 6.45) is 0.276. The number of hydrogen-bond donors (Lipinski definition) is 0. The van der Waals surface area contributed by atoms with Crippen molar-refractivity contribution >= 4 is 17.5 Å². The molecule has 1 aliphatic rings. The topological polar surface area (TPSA) is 40.6 Å². The van der Waals surface area contributed by atoms with Crippen LogP contribution in [0.15, 0.2) is 54.6 Å². The smallest absolute Gasteiger partial charge is 0.249 e. The van der Waals surface area contributed by atoms with E-state index in [-0.39, 0.29) is 24.1 Å². The van der Waals surface area contributed by atoms with Crippen molar-refractivity contribution in [1.82, 2.24) is 4.90 Å². The Morgan fingerprint density at radius 1 is 1.12 bits per heavy atom. The van der Waals surface area contributed by atoms with E-state index in [2.05, 4.69) is 0 Å². The van der Waals surface area contributed by atoms with Crippen molar-refractivity contribution in [3.8, 4) is 0 Å². The maximum atomic E-state index is 13.4. The molecule has 0 radical (unpaired) electrons. The molecule has 1 fully saturated rings. The van der Waals surface area contributed by atoms with Crippen molar-refractivity contribution in [3.63, 3.8) is 0 Å². The number of amides is 2. The number of hydrogen-bond acceptors (Lipinski definition) is 2. The van der Waals surface area contributed by atoms with E-state index in [0.717, 1.165) is 5.56 Å². The fourth-order valence-electron chi connectivity index (χ4n) is 2.98. The van der Waals surface area contributed by atoms with Gasteiger partial charge in [-0.3, -0.25) is 9.59 Å². The van der Waals surface area contributed by atoms with Crippen molar-refractivity contribution in [2.24, 2.45) is 0 Å². The second-order valence-corrected chi connectivity index (χ2v) is 5.90. The minimum atomic E-state index is -0.557. The van der Waals surface area contributed by atoms with Crippen molar-refractivity contribution in [1.29, 1.82) is 0 Å². The van der Waals surface area contributed by atoms with E-state index in [1.807, 2.05) is 30.3 Å². The van der Waals surface area contributed by atoms with Crippen molar-refractivity contribution in [2.45, 2.75) is 19.4 Å². The Hall–Kier alpha value is -2.69. The van der Waals surface area contributed by atoms with E-state index in [1.165, 1.54) is 12.1 Å². The minimum Gasteiger partial charge on any atom is -0.329 e. The third kappa shape index (κ3) is 3.30. The Labute approximate surface area is 140 Å². The summed E-state index contributed by atoms with van der Waals surface area (Å²) in [5.41, 5.74) is 1.46. The van der Waals surface area contributed by atoms with Crippen LogP contribution in [0.1, 0.15) is 12.5 Å². The maximum Gasteiger partial charge on any atom is 0.249 e. The van der Waals surface area contributed by atoms with E-state index < -0.39 is 6.04 Å². The lowest BCUT2D eigenvalue weighted by atomic mass is 10.1. The van der Waals surface area contributed by atoms with Crippen LogP contribution in [-0.4, -0.2) is 35.8 Å². The Kier molecular flexibility index (Phi) is 4.60. The second-order valence-electron chi connectivity index (χ2n) is 5.90. The third-order valence-corrected chi connectivity index (χ3v) is 4.29. The summed E-state index contributed by atoms with van der Waals surface area (Å²) in [5.74, 6) is -0.634. The first-order valence-electron chi connectivity index (χ1n) is 7.96. The fourth-order valence-corrected chi connectivity index (χ4v) is 2.98. The fraction of sp³-hybridized carbons (Fsp3) is 0.263. The van der Waals surface area contributed by atoms with Crippen LogP contribution in [0.4, 0.5) is 10.1 Å². The molecule has 5 heteroatoms. The lowest BCUT2D eigenvalue weighted by Gasteiger charge is -2.39. The molecule has 0 unspecified atom stereocenters. The zero-order valence-electron chi connectivity index (χ0n) is 13.5. The number of benzene rings is 2. The van der Waals surface area contributed by atoms with E-state index in [9.17, 15) is 14.0 Å².